The molecule has 1 aromatic heterocycles. The molecule has 0 saturated carbocycles. The first-order chi connectivity index (χ1) is 8.97. The van der Waals surface area contributed by atoms with Crippen molar-refractivity contribution in [1.82, 2.24) is 4.57 Å². The van der Waals surface area contributed by atoms with Crippen LogP contribution < -0.4 is 5.73 Å². The molecular formula is C13H12Cl2N2O2. The molecule has 2 N–H and O–H groups in total. The van der Waals surface area contributed by atoms with Gasteiger partial charge in [0.15, 0.2) is 0 Å². The van der Waals surface area contributed by atoms with Crippen LogP contribution in [0.15, 0.2) is 30.5 Å². The van der Waals surface area contributed by atoms with E-state index in [1.165, 1.54) is 0 Å². The molecule has 0 unspecified atom stereocenters. The van der Waals surface area contributed by atoms with E-state index >= 15 is 0 Å². The molecule has 2 aromatic rings. The summed E-state index contributed by atoms with van der Waals surface area (Å²) in [5.41, 5.74) is 7.29. The number of halogens is 2. The van der Waals surface area contributed by atoms with Crippen molar-refractivity contribution in [2.45, 2.75) is 6.61 Å². The highest BCUT2D eigenvalue weighted by Crippen LogP contribution is 2.23. The molecular weight excluding hydrogens is 287 g/mol. The predicted molar refractivity (Wildman–Crippen MR) is 75.4 cm³/mol. The van der Waals surface area contributed by atoms with Crippen molar-refractivity contribution in [3.05, 3.63) is 51.8 Å². The number of hydrogen-bond donors (Lipinski definition) is 1. The van der Waals surface area contributed by atoms with Gasteiger partial charge < -0.3 is 15.0 Å². The maximum Gasteiger partial charge on any atom is 0.355 e. The van der Waals surface area contributed by atoms with E-state index < -0.39 is 5.97 Å². The molecule has 0 aliphatic heterocycles. The highest BCUT2D eigenvalue weighted by atomic mass is 35.5. The van der Waals surface area contributed by atoms with Crippen molar-refractivity contribution in [3.8, 4) is 0 Å². The zero-order chi connectivity index (χ0) is 14.0. The molecule has 0 amide bonds. The minimum absolute atomic E-state index is 0.126. The zero-order valence-corrected chi connectivity index (χ0v) is 11.7. The van der Waals surface area contributed by atoms with Crippen LogP contribution in [0.1, 0.15) is 16.1 Å². The van der Waals surface area contributed by atoms with E-state index in [4.69, 9.17) is 33.7 Å². The standard InChI is InChI=1S/C13H12Cl2N2O2/c1-17-6-9(16)5-12(17)13(18)19-7-8-2-3-10(14)11(15)4-8/h2-6H,7,16H2,1H3. The van der Waals surface area contributed by atoms with E-state index in [1.807, 2.05) is 0 Å². The van der Waals surface area contributed by atoms with Crippen LogP contribution in [0.2, 0.25) is 10.0 Å². The van der Waals surface area contributed by atoms with Gasteiger partial charge in [-0.05, 0) is 23.8 Å². The summed E-state index contributed by atoms with van der Waals surface area (Å²) in [5.74, 6) is -0.440. The van der Waals surface area contributed by atoms with Crippen LogP contribution in [-0.2, 0) is 18.4 Å². The molecule has 0 fully saturated rings. The van der Waals surface area contributed by atoms with Gasteiger partial charge >= 0.3 is 5.97 Å². The van der Waals surface area contributed by atoms with Gasteiger partial charge in [-0.25, -0.2) is 4.79 Å². The number of aromatic nitrogens is 1. The van der Waals surface area contributed by atoms with Gasteiger partial charge in [0.05, 0.1) is 15.7 Å². The molecule has 0 aliphatic carbocycles. The zero-order valence-electron chi connectivity index (χ0n) is 10.2. The smallest absolute Gasteiger partial charge is 0.355 e. The summed E-state index contributed by atoms with van der Waals surface area (Å²) < 4.78 is 6.80. The summed E-state index contributed by atoms with van der Waals surface area (Å²) in [7, 11) is 1.73. The van der Waals surface area contributed by atoms with E-state index in [2.05, 4.69) is 0 Å². The fourth-order valence-electron chi connectivity index (χ4n) is 1.65. The van der Waals surface area contributed by atoms with Crippen LogP contribution in [0, 0.1) is 0 Å². The topological polar surface area (TPSA) is 57.2 Å². The molecule has 0 aliphatic rings. The summed E-state index contributed by atoms with van der Waals surface area (Å²) in [5, 5.41) is 0.894. The number of rotatable bonds is 3. The third kappa shape index (κ3) is 3.22. The van der Waals surface area contributed by atoms with E-state index in [9.17, 15) is 4.79 Å². The molecule has 2 rings (SSSR count). The summed E-state index contributed by atoms with van der Waals surface area (Å²) in [6, 6.07) is 6.64. The van der Waals surface area contributed by atoms with Gasteiger partial charge in [0.25, 0.3) is 0 Å². The van der Waals surface area contributed by atoms with E-state index in [0.717, 1.165) is 5.56 Å². The normalized spacial score (nSPS) is 10.5. The molecule has 19 heavy (non-hydrogen) atoms. The van der Waals surface area contributed by atoms with E-state index in [-0.39, 0.29) is 6.61 Å². The molecule has 0 radical (unpaired) electrons. The summed E-state index contributed by atoms with van der Waals surface area (Å²) in [6.45, 7) is 0.126. The molecule has 100 valence electrons. The molecule has 0 saturated heterocycles. The van der Waals surface area contributed by atoms with E-state index in [0.29, 0.717) is 21.4 Å². The highest BCUT2D eigenvalue weighted by molar-refractivity contribution is 6.42. The maximum atomic E-state index is 11.8. The predicted octanol–water partition coefficient (Wildman–Crippen LogP) is 3.27. The second kappa shape index (κ2) is 5.55. The van der Waals surface area contributed by atoms with Gasteiger partial charge in [0.2, 0.25) is 0 Å². The lowest BCUT2D eigenvalue weighted by Gasteiger charge is -2.06. The Balaban J connectivity index is 2.04. The van der Waals surface area contributed by atoms with Crippen LogP contribution in [0.25, 0.3) is 0 Å². The van der Waals surface area contributed by atoms with Crippen molar-refractivity contribution in [1.29, 1.82) is 0 Å². The SMILES string of the molecule is Cn1cc(N)cc1C(=O)OCc1ccc(Cl)c(Cl)c1. The first-order valence-electron chi connectivity index (χ1n) is 5.50. The first-order valence-corrected chi connectivity index (χ1v) is 6.26. The minimum atomic E-state index is -0.440. The molecule has 1 heterocycles. The van der Waals surface area contributed by atoms with Crippen LogP contribution in [-0.4, -0.2) is 10.5 Å². The van der Waals surface area contributed by atoms with Gasteiger partial charge in [-0.3, -0.25) is 0 Å². The number of nitrogens with zero attached hydrogens (tertiary/aromatic N) is 1. The number of nitrogen functional groups attached to an aromatic ring is 1. The Morgan fingerprint density at radius 3 is 2.63 bits per heavy atom. The van der Waals surface area contributed by atoms with Crippen molar-refractivity contribution in [2.75, 3.05) is 5.73 Å². The Morgan fingerprint density at radius 1 is 1.32 bits per heavy atom. The number of aryl methyl sites for hydroxylation is 1. The minimum Gasteiger partial charge on any atom is -0.456 e. The fourth-order valence-corrected chi connectivity index (χ4v) is 1.97. The number of ether oxygens (including phenoxy) is 1. The Kier molecular flexibility index (Phi) is 4.02. The van der Waals surface area contributed by atoms with Crippen LogP contribution >= 0.6 is 23.2 Å². The number of carbonyl (C=O) groups excluding carboxylic acids is 1. The molecule has 0 atom stereocenters. The number of carbonyl (C=O) groups is 1. The van der Waals surface area contributed by atoms with Gasteiger partial charge in [-0.1, -0.05) is 29.3 Å². The lowest BCUT2D eigenvalue weighted by molar-refractivity contribution is 0.0461. The number of nitrogens with two attached hydrogens (primary N) is 1. The average molecular weight is 299 g/mol. The third-order valence-corrected chi connectivity index (χ3v) is 3.33. The van der Waals surface area contributed by atoms with Crippen LogP contribution in [0.5, 0.6) is 0 Å². The number of hydrogen-bond acceptors (Lipinski definition) is 3. The Labute approximate surface area is 120 Å². The van der Waals surface area contributed by atoms with Crippen molar-refractivity contribution >= 4 is 34.9 Å². The van der Waals surface area contributed by atoms with E-state index in [1.54, 1.807) is 42.1 Å². The van der Waals surface area contributed by atoms with Crippen molar-refractivity contribution in [3.63, 3.8) is 0 Å². The molecule has 0 bridgehead atoms. The van der Waals surface area contributed by atoms with Gasteiger partial charge in [-0.2, -0.15) is 0 Å². The van der Waals surface area contributed by atoms with Gasteiger partial charge in [0.1, 0.15) is 12.3 Å². The second-order valence-electron chi connectivity index (χ2n) is 4.09. The number of benzene rings is 1. The van der Waals surface area contributed by atoms with Gasteiger partial charge in [-0.15, -0.1) is 0 Å². The Hall–Kier alpha value is -1.65. The van der Waals surface area contributed by atoms with Crippen molar-refractivity contribution in [2.24, 2.45) is 7.05 Å². The van der Waals surface area contributed by atoms with Crippen LogP contribution in [0.4, 0.5) is 5.69 Å². The molecule has 1 aromatic carbocycles. The number of anilines is 1. The second-order valence-corrected chi connectivity index (χ2v) is 4.91. The Morgan fingerprint density at radius 2 is 2.05 bits per heavy atom. The fraction of sp³-hybridized carbons (Fsp3) is 0.154. The quantitative estimate of drug-likeness (QED) is 0.885. The lowest BCUT2D eigenvalue weighted by atomic mass is 10.2. The Bertz CT molecular complexity index is 623. The average Bonchev–Trinajstić information content (AvgIpc) is 2.70. The monoisotopic (exact) mass is 298 g/mol. The summed E-state index contributed by atoms with van der Waals surface area (Å²) in [6.07, 6.45) is 1.65. The van der Waals surface area contributed by atoms with Crippen LogP contribution in [0.3, 0.4) is 0 Å². The third-order valence-electron chi connectivity index (χ3n) is 2.59. The number of esters is 1. The molecule has 0 spiro atoms. The maximum absolute atomic E-state index is 11.8. The first kappa shape index (κ1) is 13.8. The lowest BCUT2D eigenvalue weighted by Crippen LogP contribution is -2.09. The largest absolute Gasteiger partial charge is 0.456 e. The highest BCUT2D eigenvalue weighted by Gasteiger charge is 2.12. The summed E-state index contributed by atoms with van der Waals surface area (Å²) >= 11 is 11.7. The van der Waals surface area contributed by atoms with Gasteiger partial charge in [0, 0.05) is 13.2 Å². The molecule has 6 heteroatoms. The summed E-state index contributed by atoms with van der Waals surface area (Å²) in [4.78, 5) is 11.8. The van der Waals surface area contributed by atoms with Crippen molar-refractivity contribution < 1.29 is 9.53 Å². The molecule has 4 nitrogen and oxygen atoms in total.